The number of hydrogen-bond donors (Lipinski definition) is 2. The van der Waals surface area contributed by atoms with E-state index in [0.717, 1.165) is 43.2 Å². The van der Waals surface area contributed by atoms with E-state index in [-0.39, 0.29) is 6.10 Å². The standard InChI is InChI=1S/C17H33NO2/c1-13(2)4-3-7-20-12-17(19)11-18-10-16-9-14-5-6-15(16)8-14/h13-19H,3-12H2,1-2H3. The van der Waals surface area contributed by atoms with Gasteiger partial charge in [0.1, 0.15) is 0 Å². The molecule has 0 aliphatic heterocycles. The highest BCUT2D eigenvalue weighted by Crippen LogP contribution is 2.47. The minimum absolute atomic E-state index is 0.354. The Morgan fingerprint density at radius 1 is 1.25 bits per heavy atom. The van der Waals surface area contributed by atoms with Crippen LogP contribution >= 0.6 is 0 Å². The van der Waals surface area contributed by atoms with E-state index in [1.165, 1.54) is 32.1 Å². The summed E-state index contributed by atoms with van der Waals surface area (Å²) in [5.41, 5.74) is 0. The van der Waals surface area contributed by atoms with Gasteiger partial charge in [0.15, 0.2) is 0 Å². The minimum atomic E-state index is -0.354. The van der Waals surface area contributed by atoms with Crippen LogP contribution in [0.5, 0.6) is 0 Å². The molecule has 3 nitrogen and oxygen atoms in total. The van der Waals surface area contributed by atoms with E-state index in [4.69, 9.17) is 4.74 Å². The van der Waals surface area contributed by atoms with Crippen molar-refractivity contribution in [2.75, 3.05) is 26.3 Å². The van der Waals surface area contributed by atoms with Crippen LogP contribution < -0.4 is 5.32 Å². The van der Waals surface area contributed by atoms with Crippen LogP contribution in [0.2, 0.25) is 0 Å². The zero-order valence-corrected chi connectivity index (χ0v) is 13.3. The molecule has 0 aromatic carbocycles. The normalized spacial score (nSPS) is 30.3. The van der Waals surface area contributed by atoms with E-state index in [2.05, 4.69) is 19.2 Å². The van der Waals surface area contributed by atoms with Crippen LogP contribution in [-0.4, -0.2) is 37.5 Å². The Morgan fingerprint density at radius 2 is 2.10 bits per heavy atom. The molecule has 2 bridgehead atoms. The predicted molar refractivity (Wildman–Crippen MR) is 82.7 cm³/mol. The molecule has 118 valence electrons. The third-order valence-corrected chi connectivity index (χ3v) is 5.05. The molecule has 20 heavy (non-hydrogen) atoms. The van der Waals surface area contributed by atoms with Crippen molar-refractivity contribution >= 4 is 0 Å². The van der Waals surface area contributed by atoms with Crippen molar-refractivity contribution in [2.24, 2.45) is 23.7 Å². The second-order valence-corrected chi connectivity index (χ2v) is 7.36. The lowest BCUT2D eigenvalue weighted by atomic mass is 9.89. The molecular formula is C17H33NO2. The molecule has 0 radical (unpaired) electrons. The first kappa shape index (κ1) is 16.3. The lowest BCUT2D eigenvalue weighted by molar-refractivity contribution is 0.0341. The van der Waals surface area contributed by atoms with Crippen LogP contribution in [0.1, 0.15) is 52.4 Å². The molecule has 4 unspecified atom stereocenters. The number of fused-ring (bicyclic) bond motifs is 2. The molecule has 0 saturated heterocycles. The van der Waals surface area contributed by atoms with Crippen LogP contribution in [0.25, 0.3) is 0 Å². The summed E-state index contributed by atoms with van der Waals surface area (Å²) in [5, 5.41) is 13.3. The second-order valence-electron chi connectivity index (χ2n) is 7.36. The fourth-order valence-electron chi connectivity index (χ4n) is 3.93. The number of ether oxygens (including phenoxy) is 1. The van der Waals surface area contributed by atoms with Crippen LogP contribution in [0, 0.1) is 23.7 Å². The largest absolute Gasteiger partial charge is 0.389 e. The molecule has 2 rings (SSSR count). The fraction of sp³-hybridized carbons (Fsp3) is 1.00. The molecule has 2 aliphatic rings. The van der Waals surface area contributed by atoms with Gasteiger partial charge in [-0.15, -0.1) is 0 Å². The zero-order chi connectivity index (χ0) is 14.4. The Hall–Kier alpha value is -0.120. The molecule has 2 N–H and O–H groups in total. The molecule has 3 heteroatoms. The van der Waals surface area contributed by atoms with Gasteiger partial charge in [-0.1, -0.05) is 20.3 Å². The Bertz CT molecular complexity index is 270. The van der Waals surface area contributed by atoms with Gasteiger partial charge in [0.05, 0.1) is 12.7 Å². The molecule has 0 aromatic heterocycles. The molecular weight excluding hydrogens is 250 g/mol. The molecule has 2 fully saturated rings. The average Bonchev–Trinajstić information content (AvgIpc) is 3.00. The lowest BCUT2D eigenvalue weighted by Crippen LogP contribution is -2.34. The smallest absolute Gasteiger partial charge is 0.0897 e. The summed E-state index contributed by atoms with van der Waals surface area (Å²) in [6.45, 7) is 7.48. The van der Waals surface area contributed by atoms with Gasteiger partial charge >= 0.3 is 0 Å². The third kappa shape index (κ3) is 5.34. The molecule has 0 amide bonds. The highest BCUT2D eigenvalue weighted by Gasteiger charge is 2.38. The van der Waals surface area contributed by atoms with Gasteiger partial charge in [-0.2, -0.15) is 0 Å². The molecule has 2 saturated carbocycles. The fourth-order valence-corrected chi connectivity index (χ4v) is 3.93. The number of aliphatic hydroxyl groups excluding tert-OH is 1. The SMILES string of the molecule is CC(C)CCCOCC(O)CNCC1CC2CCC1C2. The van der Waals surface area contributed by atoms with E-state index in [0.29, 0.717) is 13.2 Å². The Kier molecular flexibility index (Phi) is 6.79. The molecule has 0 heterocycles. The number of aliphatic hydroxyl groups is 1. The van der Waals surface area contributed by atoms with Gasteiger partial charge < -0.3 is 15.2 Å². The number of hydrogen-bond acceptors (Lipinski definition) is 3. The van der Waals surface area contributed by atoms with E-state index >= 15 is 0 Å². The van der Waals surface area contributed by atoms with Gasteiger partial charge in [0, 0.05) is 13.2 Å². The highest BCUT2D eigenvalue weighted by atomic mass is 16.5. The molecule has 0 aromatic rings. The summed E-state index contributed by atoms with van der Waals surface area (Å²) in [6.07, 6.45) is 7.74. The van der Waals surface area contributed by atoms with Crippen molar-refractivity contribution in [1.82, 2.24) is 5.32 Å². The number of rotatable bonds is 10. The van der Waals surface area contributed by atoms with Gasteiger partial charge in [-0.3, -0.25) is 0 Å². The molecule has 0 spiro atoms. The maximum absolute atomic E-state index is 9.88. The first-order chi connectivity index (χ1) is 9.65. The van der Waals surface area contributed by atoms with Crippen molar-refractivity contribution in [3.8, 4) is 0 Å². The summed E-state index contributed by atoms with van der Waals surface area (Å²) < 4.78 is 5.53. The maximum Gasteiger partial charge on any atom is 0.0897 e. The van der Waals surface area contributed by atoms with Gasteiger partial charge in [-0.05, 0) is 62.3 Å². The highest BCUT2D eigenvalue weighted by molar-refractivity contribution is 4.90. The summed E-state index contributed by atoms with van der Waals surface area (Å²) in [7, 11) is 0. The van der Waals surface area contributed by atoms with E-state index in [1.54, 1.807) is 0 Å². The monoisotopic (exact) mass is 283 g/mol. The van der Waals surface area contributed by atoms with Gasteiger partial charge in [0.2, 0.25) is 0 Å². The topological polar surface area (TPSA) is 41.5 Å². The minimum Gasteiger partial charge on any atom is -0.389 e. The lowest BCUT2D eigenvalue weighted by Gasteiger charge is -2.22. The van der Waals surface area contributed by atoms with E-state index in [1.807, 2.05) is 0 Å². The zero-order valence-electron chi connectivity index (χ0n) is 13.3. The Balaban J connectivity index is 1.43. The summed E-state index contributed by atoms with van der Waals surface area (Å²) in [4.78, 5) is 0. The third-order valence-electron chi connectivity index (χ3n) is 5.05. The number of nitrogens with one attached hydrogen (secondary N) is 1. The van der Waals surface area contributed by atoms with E-state index in [9.17, 15) is 5.11 Å². The van der Waals surface area contributed by atoms with Crippen LogP contribution in [-0.2, 0) is 4.74 Å². The first-order valence-corrected chi connectivity index (χ1v) is 8.61. The quantitative estimate of drug-likeness (QED) is 0.606. The average molecular weight is 283 g/mol. The van der Waals surface area contributed by atoms with Gasteiger partial charge in [-0.25, -0.2) is 0 Å². The van der Waals surface area contributed by atoms with Crippen molar-refractivity contribution < 1.29 is 9.84 Å². The maximum atomic E-state index is 9.88. The van der Waals surface area contributed by atoms with Crippen LogP contribution in [0.4, 0.5) is 0 Å². The molecule has 2 aliphatic carbocycles. The summed E-state index contributed by atoms with van der Waals surface area (Å²) >= 11 is 0. The molecule has 4 atom stereocenters. The van der Waals surface area contributed by atoms with Crippen LogP contribution in [0.15, 0.2) is 0 Å². The van der Waals surface area contributed by atoms with Crippen molar-refractivity contribution in [3.63, 3.8) is 0 Å². The van der Waals surface area contributed by atoms with Gasteiger partial charge in [0.25, 0.3) is 0 Å². The first-order valence-electron chi connectivity index (χ1n) is 8.61. The van der Waals surface area contributed by atoms with Crippen molar-refractivity contribution in [2.45, 2.75) is 58.5 Å². The summed E-state index contributed by atoms with van der Waals surface area (Å²) in [6, 6.07) is 0. The van der Waals surface area contributed by atoms with E-state index < -0.39 is 0 Å². The Labute approximate surface area is 124 Å². The van der Waals surface area contributed by atoms with Crippen LogP contribution in [0.3, 0.4) is 0 Å². The summed E-state index contributed by atoms with van der Waals surface area (Å²) in [5.74, 6) is 3.60. The second kappa shape index (κ2) is 8.35. The van der Waals surface area contributed by atoms with Crippen molar-refractivity contribution in [3.05, 3.63) is 0 Å². The predicted octanol–water partition coefficient (Wildman–Crippen LogP) is 2.83. The van der Waals surface area contributed by atoms with Crippen molar-refractivity contribution in [1.29, 1.82) is 0 Å². The Morgan fingerprint density at radius 3 is 2.75 bits per heavy atom.